The van der Waals surface area contributed by atoms with Gasteiger partial charge in [-0.15, -0.1) is 0 Å². The Morgan fingerprint density at radius 3 is 2.50 bits per heavy atom. The highest BCUT2D eigenvalue weighted by atomic mass is 35.7. The van der Waals surface area contributed by atoms with Crippen molar-refractivity contribution in [2.45, 2.75) is 11.3 Å². The van der Waals surface area contributed by atoms with Gasteiger partial charge >= 0.3 is 0 Å². The number of benzene rings is 1. The number of rotatable bonds is 4. The summed E-state index contributed by atoms with van der Waals surface area (Å²) < 4.78 is 50.6. The van der Waals surface area contributed by atoms with Gasteiger partial charge in [-0.3, -0.25) is 0 Å². The normalized spacial score (nSPS) is 11.8. The smallest absolute Gasteiger partial charge is 0.272 e. The van der Waals surface area contributed by atoms with Crippen LogP contribution < -0.4 is 4.74 Å². The molecule has 0 aromatic heterocycles. The van der Waals surface area contributed by atoms with Crippen LogP contribution in [0.3, 0.4) is 0 Å². The van der Waals surface area contributed by atoms with Crippen molar-refractivity contribution in [2.24, 2.45) is 0 Å². The van der Waals surface area contributed by atoms with Crippen LogP contribution in [-0.4, -0.2) is 21.5 Å². The van der Waals surface area contributed by atoms with E-state index in [2.05, 4.69) is 4.74 Å². The third kappa shape index (κ3) is 3.77. The van der Waals surface area contributed by atoms with Crippen molar-refractivity contribution in [3.05, 3.63) is 23.2 Å². The van der Waals surface area contributed by atoms with Crippen molar-refractivity contribution in [1.82, 2.24) is 0 Å². The monoisotopic (exact) mass is 290 g/mol. The first-order valence-corrected chi connectivity index (χ1v) is 6.64. The highest BCUT2D eigenvalue weighted by molar-refractivity contribution is 8.13. The number of hydrogen-bond donors (Lipinski definition) is 0. The molecule has 0 saturated carbocycles. The van der Waals surface area contributed by atoms with Crippen LogP contribution in [0.1, 0.15) is 0 Å². The van der Waals surface area contributed by atoms with Crippen molar-refractivity contribution < 1.29 is 21.9 Å². The largest absolute Gasteiger partial charge is 0.486 e. The summed E-state index contributed by atoms with van der Waals surface area (Å²) >= 11 is 5.58. The van der Waals surface area contributed by atoms with E-state index in [1.54, 1.807) is 0 Å². The molecular formula is C8H6Cl2F2O3S. The fraction of sp³-hybridized carbons (Fsp3) is 0.250. The van der Waals surface area contributed by atoms with Gasteiger partial charge in [0.25, 0.3) is 15.5 Å². The predicted molar refractivity (Wildman–Crippen MR) is 56.0 cm³/mol. The molecule has 0 aliphatic carbocycles. The highest BCUT2D eigenvalue weighted by Gasteiger charge is 2.18. The minimum absolute atomic E-state index is 0.160. The van der Waals surface area contributed by atoms with Gasteiger partial charge in [0.2, 0.25) is 0 Å². The Labute approximate surface area is 100 Å². The number of ether oxygens (including phenoxy) is 1. The van der Waals surface area contributed by atoms with Gasteiger partial charge in [0.15, 0.2) is 0 Å². The van der Waals surface area contributed by atoms with E-state index < -0.39 is 22.1 Å². The summed E-state index contributed by atoms with van der Waals surface area (Å²) in [5, 5.41) is 0.160. The van der Waals surface area contributed by atoms with Crippen LogP contribution in [-0.2, 0) is 9.05 Å². The van der Waals surface area contributed by atoms with Crippen molar-refractivity contribution in [1.29, 1.82) is 0 Å². The van der Waals surface area contributed by atoms with E-state index in [4.69, 9.17) is 22.3 Å². The van der Waals surface area contributed by atoms with Gasteiger partial charge in [-0.25, -0.2) is 17.2 Å². The molecule has 8 heteroatoms. The molecule has 1 aromatic rings. The minimum atomic E-state index is -4.05. The molecule has 90 valence electrons. The van der Waals surface area contributed by atoms with Gasteiger partial charge in [-0.2, -0.15) is 0 Å². The zero-order chi connectivity index (χ0) is 12.3. The molecule has 0 atom stereocenters. The predicted octanol–water partition coefficient (Wildman–Crippen LogP) is 2.91. The summed E-state index contributed by atoms with van der Waals surface area (Å²) in [5.74, 6) is -0.289. The standard InChI is InChI=1S/C8H6Cl2F2O3S/c9-5-1-2-7(16(10,13)14)6(3-5)15-4-8(11)12/h1-3,8H,4H2. The fourth-order valence-electron chi connectivity index (χ4n) is 0.949. The van der Waals surface area contributed by atoms with Crippen LogP contribution in [0.2, 0.25) is 5.02 Å². The molecule has 0 N–H and O–H groups in total. The topological polar surface area (TPSA) is 43.4 Å². The molecule has 0 heterocycles. The zero-order valence-electron chi connectivity index (χ0n) is 7.66. The summed E-state index contributed by atoms with van der Waals surface area (Å²) in [7, 11) is 1.04. The van der Waals surface area contributed by atoms with Crippen LogP contribution in [0.25, 0.3) is 0 Å². The van der Waals surface area contributed by atoms with Gasteiger partial charge < -0.3 is 4.74 Å². The maximum absolute atomic E-state index is 11.9. The van der Waals surface area contributed by atoms with Crippen LogP contribution >= 0.6 is 22.3 Å². The lowest BCUT2D eigenvalue weighted by atomic mass is 10.3. The van der Waals surface area contributed by atoms with E-state index in [1.807, 2.05) is 0 Å². The second-order valence-electron chi connectivity index (χ2n) is 2.73. The molecule has 0 bridgehead atoms. The average Bonchev–Trinajstić information content (AvgIpc) is 2.12. The lowest BCUT2D eigenvalue weighted by molar-refractivity contribution is 0.0804. The van der Waals surface area contributed by atoms with Crippen LogP contribution in [0.5, 0.6) is 5.75 Å². The summed E-state index contributed by atoms with van der Waals surface area (Å²) in [6.45, 7) is -0.931. The molecule has 0 saturated heterocycles. The van der Waals surface area contributed by atoms with Gasteiger partial charge in [0.05, 0.1) is 0 Å². The molecule has 0 spiro atoms. The number of halogens is 4. The quantitative estimate of drug-likeness (QED) is 0.801. The summed E-state index contributed by atoms with van der Waals surface area (Å²) in [6, 6.07) is 3.47. The second kappa shape index (κ2) is 5.16. The number of hydrogen-bond acceptors (Lipinski definition) is 3. The van der Waals surface area contributed by atoms with E-state index in [9.17, 15) is 17.2 Å². The average molecular weight is 291 g/mol. The van der Waals surface area contributed by atoms with Crippen molar-refractivity contribution in [2.75, 3.05) is 6.61 Å². The Kier molecular flexibility index (Phi) is 4.35. The molecule has 0 amide bonds. The second-order valence-corrected chi connectivity index (χ2v) is 5.70. The first-order valence-electron chi connectivity index (χ1n) is 3.96. The lowest BCUT2D eigenvalue weighted by Crippen LogP contribution is -2.09. The van der Waals surface area contributed by atoms with Crippen LogP contribution in [0, 0.1) is 0 Å². The Balaban J connectivity index is 3.09. The maximum atomic E-state index is 11.9. The minimum Gasteiger partial charge on any atom is -0.486 e. The lowest BCUT2D eigenvalue weighted by Gasteiger charge is -2.09. The summed E-state index contributed by atoms with van der Waals surface area (Å²) in [4.78, 5) is -0.390. The van der Waals surface area contributed by atoms with Gasteiger partial charge in [0, 0.05) is 21.8 Å². The third-order valence-electron chi connectivity index (χ3n) is 1.53. The molecule has 1 aromatic carbocycles. The molecule has 0 aliphatic heterocycles. The molecule has 1 rings (SSSR count). The van der Waals surface area contributed by atoms with E-state index in [0.29, 0.717) is 0 Å². The van der Waals surface area contributed by atoms with E-state index in [1.165, 1.54) is 6.07 Å². The molecule has 16 heavy (non-hydrogen) atoms. The van der Waals surface area contributed by atoms with Crippen LogP contribution in [0.15, 0.2) is 23.1 Å². The fourth-order valence-corrected chi connectivity index (χ4v) is 2.08. The van der Waals surface area contributed by atoms with Crippen molar-refractivity contribution >= 4 is 31.3 Å². The van der Waals surface area contributed by atoms with Crippen LogP contribution in [0.4, 0.5) is 8.78 Å². The van der Waals surface area contributed by atoms with E-state index >= 15 is 0 Å². The summed E-state index contributed by atoms with van der Waals surface area (Å²) in [6.07, 6.45) is -2.72. The molecule has 0 fully saturated rings. The van der Waals surface area contributed by atoms with E-state index in [-0.39, 0.29) is 15.7 Å². The first-order chi connectivity index (χ1) is 7.30. The molecule has 0 aliphatic rings. The SMILES string of the molecule is O=S(=O)(Cl)c1ccc(Cl)cc1OCC(F)F. The van der Waals surface area contributed by atoms with Crippen molar-refractivity contribution in [3.8, 4) is 5.75 Å². The Bertz CT molecular complexity index is 476. The highest BCUT2D eigenvalue weighted by Crippen LogP contribution is 2.30. The van der Waals surface area contributed by atoms with Gasteiger partial charge in [-0.1, -0.05) is 11.6 Å². The zero-order valence-corrected chi connectivity index (χ0v) is 9.99. The third-order valence-corrected chi connectivity index (χ3v) is 3.13. The summed E-state index contributed by atoms with van der Waals surface area (Å²) in [5.41, 5.74) is 0. The van der Waals surface area contributed by atoms with Crippen molar-refractivity contribution in [3.63, 3.8) is 0 Å². The molecular weight excluding hydrogens is 285 g/mol. The molecule has 0 radical (unpaired) electrons. The van der Waals surface area contributed by atoms with Gasteiger partial charge in [-0.05, 0) is 12.1 Å². The molecule has 3 nitrogen and oxygen atoms in total. The van der Waals surface area contributed by atoms with Gasteiger partial charge in [0.1, 0.15) is 17.3 Å². The Morgan fingerprint density at radius 2 is 2.00 bits per heavy atom. The molecule has 0 unspecified atom stereocenters. The maximum Gasteiger partial charge on any atom is 0.272 e. The Morgan fingerprint density at radius 1 is 1.38 bits per heavy atom. The number of alkyl halides is 2. The Hall–Kier alpha value is -0.590. The first kappa shape index (κ1) is 13.5. The van der Waals surface area contributed by atoms with E-state index in [0.717, 1.165) is 12.1 Å².